The lowest BCUT2D eigenvalue weighted by molar-refractivity contribution is 0.179. The van der Waals surface area contributed by atoms with Crippen molar-refractivity contribution in [1.29, 1.82) is 0 Å². The summed E-state index contributed by atoms with van der Waals surface area (Å²) < 4.78 is 4.82. The van der Waals surface area contributed by atoms with Crippen LogP contribution in [0.25, 0.3) is 0 Å². The van der Waals surface area contributed by atoms with Crippen molar-refractivity contribution in [3.05, 3.63) is 0 Å². The Kier molecular flexibility index (Phi) is 6.37. The summed E-state index contributed by atoms with van der Waals surface area (Å²) >= 11 is 0. The fourth-order valence-electron chi connectivity index (χ4n) is 0.602. The number of methoxy groups -OCH3 is 1. The number of rotatable bonds is 6. The van der Waals surface area contributed by atoms with Gasteiger partial charge in [0, 0.05) is 19.7 Å². The molecule has 10 heavy (non-hydrogen) atoms. The number of nitrogens with zero attached hydrogens (tertiary/aromatic N) is 1. The summed E-state index contributed by atoms with van der Waals surface area (Å²) in [6.45, 7) is 5.16. The molecule has 0 radical (unpaired) electrons. The average Bonchev–Trinajstić information content (AvgIpc) is 1.89. The number of nitrogens with one attached hydrogen (secondary N) is 1. The predicted octanol–water partition coefficient (Wildman–Crippen LogP) is -0.792. The molecule has 4 heteroatoms. The van der Waals surface area contributed by atoms with Crippen LogP contribution < -0.4 is 11.1 Å². The Morgan fingerprint density at radius 2 is 2.50 bits per heavy atom. The summed E-state index contributed by atoms with van der Waals surface area (Å²) in [5.74, 6) is 0. The molecule has 0 saturated heterocycles. The molecule has 0 rings (SSSR count). The zero-order valence-corrected chi connectivity index (χ0v) is 6.34. The van der Waals surface area contributed by atoms with Crippen LogP contribution in [0.4, 0.5) is 0 Å². The normalized spacial score (nSPS) is 13.0. The monoisotopic (exact) mass is 145 g/mol. The van der Waals surface area contributed by atoms with Gasteiger partial charge in [-0.05, 0) is 6.72 Å². The molecule has 60 valence electrons. The third-order valence-corrected chi connectivity index (χ3v) is 1.01. The van der Waals surface area contributed by atoms with Crippen LogP contribution in [-0.2, 0) is 4.74 Å². The summed E-state index contributed by atoms with van der Waals surface area (Å²) in [5.41, 5.74) is 5.58. The molecule has 0 bridgehead atoms. The number of aliphatic imine (C=N–C) groups is 1. The Balaban J connectivity index is 3.04. The molecule has 0 aliphatic rings. The van der Waals surface area contributed by atoms with Crippen LogP contribution in [0.5, 0.6) is 0 Å². The Labute approximate surface area is 61.5 Å². The first-order valence-corrected chi connectivity index (χ1v) is 3.19. The fraction of sp³-hybridized carbons (Fsp3) is 0.833. The minimum atomic E-state index is 0.0479. The highest BCUT2D eigenvalue weighted by molar-refractivity contribution is 5.22. The van der Waals surface area contributed by atoms with Crippen molar-refractivity contribution in [3.8, 4) is 0 Å². The molecule has 1 atom stereocenters. The molecule has 4 nitrogen and oxygen atoms in total. The van der Waals surface area contributed by atoms with Crippen LogP contribution >= 0.6 is 0 Å². The van der Waals surface area contributed by atoms with Crippen molar-refractivity contribution in [2.45, 2.75) is 6.04 Å². The van der Waals surface area contributed by atoms with Gasteiger partial charge in [-0.1, -0.05) is 0 Å². The minimum absolute atomic E-state index is 0.0479. The van der Waals surface area contributed by atoms with Crippen molar-refractivity contribution in [1.82, 2.24) is 5.32 Å². The van der Waals surface area contributed by atoms with E-state index in [0.717, 1.165) is 0 Å². The van der Waals surface area contributed by atoms with E-state index in [1.54, 1.807) is 7.11 Å². The van der Waals surface area contributed by atoms with Gasteiger partial charge in [-0.3, -0.25) is 10.3 Å². The van der Waals surface area contributed by atoms with E-state index < -0.39 is 0 Å². The maximum absolute atomic E-state index is 5.58. The molecular weight excluding hydrogens is 130 g/mol. The molecule has 0 aromatic rings. The summed E-state index contributed by atoms with van der Waals surface area (Å²) in [6.07, 6.45) is 0. The molecule has 0 aliphatic carbocycles. The van der Waals surface area contributed by atoms with Crippen molar-refractivity contribution < 1.29 is 4.74 Å². The SMILES string of the molecule is C=NCNC[C@@H](N)COC. The molecule has 0 saturated carbocycles. The van der Waals surface area contributed by atoms with Gasteiger partial charge < -0.3 is 10.5 Å². The van der Waals surface area contributed by atoms with E-state index in [1.165, 1.54) is 0 Å². The third kappa shape index (κ3) is 5.68. The van der Waals surface area contributed by atoms with Gasteiger partial charge in [0.25, 0.3) is 0 Å². The second-order valence-electron chi connectivity index (χ2n) is 2.05. The zero-order chi connectivity index (χ0) is 7.82. The Morgan fingerprint density at radius 1 is 1.80 bits per heavy atom. The maximum Gasteiger partial charge on any atom is 0.0877 e. The standard InChI is InChI=1S/C6H15N3O/c1-8-5-9-3-6(7)4-10-2/h6,9H,1,3-5,7H2,2H3/t6-/m1/s1. The minimum Gasteiger partial charge on any atom is -0.383 e. The first kappa shape index (κ1) is 9.55. The molecule has 0 unspecified atom stereocenters. The van der Waals surface area contributed by atoms with Gasteiger partial charge in [0.15, 0.2) is 0 Å². The quantitative estimate of drug-likeness (QED) is 0.380. The average molecular weight is 145 g/mol. The Bertz CT molecular complexity index is 87.1. The van der Waals surface area contributed by atoms with E-state index in [4.69, 9.17) is 10.5 Å². The summed E-state index contributed by atoms with van der Waals surface area (Å²) in [4.78, 5) is 3.61. The van der Waals surface area contributed by atoms with Gasteiger partial charge in [-0.15, -0.1) is 0 Å². The molecule has 0 spiro atoms. The molecule has 0 aliphatic heterocycles. The van der Waals surface area contributed by atoms with Crippen LogP contribution in [0.15, 0.2) is 4.99 Å². The topological polar surface area (TPSA) is 59.6 Å². The van der Waals surface area contributed by atoms with Gasteiger partial charge >= 0.3 is 0 Å². The van der Waals surface area contributed by atoms with Gasteiger partial charge in [0.2, 0.25) is 0 Å². The van der Waals surface area contributed by atoms with Crippen LogP contribution in [0.3, 0.4) is 0 Å². The number of hydrogen-bond acceptors (Lipinski definition) is 4. The third-order valence-electron chi connectivity index (χ3n) is 1.01. The number of ether oxygens (including phenoxy) is 1. The number of hydrogen-bond donors (Lipinski definition) is 2. The zero-order valence-electron chi connectivity index (χ0n) is 6.34. The smallest absolute Gasteiger partial charge is 0.0877 e. The predicted molar refractivity (Wildman–Crippen MR) is 42.3 cm³/mol. The molecule has 0 amide bonds. The van der Waals surface area contributed by atoms with Crippen LogP contribution in [0, 0.1) is 0 Å². The van der Waals surface area contributed by atoms with Crippen molar-refractivity contribution in [3.63, 3.8) is 0 Å². The molecule has 0 fully saturated rings. The lowest BCUT2D eigenvalue weighted by atomic mass is 10.3. The summed E-state index contributed by atoms with van der Waals surface area (Å²) in [5, 5.41) is 2.99. The van der Waals surface area contributed by atoms with Crippen molar-refractivity contribution in [2.75, 3.05) is 26.9 Å². The van der Waals surface area contributed by atoms with Crippen LogP contribution in [-0.4, -0.2) is 39.7 Å². The van der Waals surface area contributed by atoms with Crippen molar-refractivity contribution >= 4 is 6.72 Å². The fourth-order valence-corrected chi connectivity index (χ4v) is 0.602. The van der Waals surface area contributed by atoms with Crippen LogP contribution in [0.2, 0.25) is 0 Å². The maximum atomic E-state index is 5.58. The largest absolute Gasteiger partial charge is 0.383 e. The van der Waals surface area contributed by atoms with Gasteiger partial charge in [-0.2, -0.15) is 0 Å². The molecular formula is C6H15N3O. The lowest BCUT2D eigenvalue weighted by Gasteiger charge is -2.09. The van der Waals surface area contributed by atoms with E-state index in [2.05, 4.69) is 17.0 Å². The first-order chi connectivity index (χ1) is 4.81. The molecule has 0 heterocycles. The highest BCUT2D eigenvalue weighted by Crippen LogP contribution is 1.75. The lowest BCUT2D eigenvalue weighted by Crippen LogP contribution is -2.37. The molecule has 0 aromatic carbocycles. The summed E-state index contributed by atoms with van der Waals surface area (Å²) in [6, 6.07) is 0.0479. The first-order valence-electron chi connectivity index (χ1n) is 3.19. The van der Waals surface area contributed by atoms with Gasteiger partial charge in [0.05, 0.1) is 13.3 Å². The highest BCUT2D eigenvalue weighted by atomic mass is 16.5. The Morgan fingerprint density at radius 3 is 3.00 bits per heavy atom. The Hall–Kier alpha value is -0.450. The van der Waals surface area contributed by atoms with Crippen LogP contribution in [0.1, 0.15) is 0 Å². The van der Waals surface area contributed by atoms with Crippen molar-refractivity contribution in [2.24, 2.45) is 10.7 Å². The van der Waals surface area contributed by atoms with E-state index in [1.807, 2.05) is 0 Å². The number of nitrogens with two attached hydrogens (primary N) is 1. The summed E-state index contributed by atoms with van der Waals surface area (Å²) in [7, 11) is 1.63. The molecule has 0 aromatic heterocycles. The van der Waals surface area contributed by atoms with E-state index in [-0.39, 0.29) is 6.04 Å². The second kappa shape index (κ2) is 6.67. The van der Waals surface area contributed by atoms with E-state index >= 15 is 0 Å². The van der Waals surface area contributed by atoms with Gasteiger partial charge in [-0.25, -0.2) is 0 Å². The van der Waals surface area contributed by atoms with E-state index in [0.29, 0.717) is 19.8 Å². The van der Waals surface area contributed by atoms with E-state index in [9.17, 15) is 0 Å². The molecule has 3 N–H and O–H groups in total. The second-order valence-corrected chi connectivity index (χ2v) is 2.05. The highest BCUT2D eigenvalue weighted by Gasteiger charge is 1.98. The van der Waals surface area contributed by atoms with Gasteiger partial charge in [0.1, 0.15) is 0 Å².